The molecule has 7 nitrogen and oxygen atoms in total. The summed E-state index contributed by atoms with van der Waals surface area (Å²) in [5, 5.41) is 8.53. The van der Waals surface area contributed by atoms with Gasteiger partial charge in [-0.15, -0.1) is 0 Å². The topological polar surface area (TPSA) is 92.2 Å². The fraction of sp³-hybridized carbons (Fsp3) is 0.296. The fourth-order valence-electron chi connectivity index (χ4n) is 4.36. The molecule has 8 heteroatoms. The number of nitrogens with zero attached hydrogens (tertiary/aromatic N) is 1. The Labute approximate surface area is 203 Å². The van der Waals surface area contributed by atoms with Crippen LogP contribution in [0, 0.1) is 5.82 Å². The van der Waals surface area contributed by atoms with Gasteiger partial charge < -0.3 is 16.0 Å². The molecule has 4 rings (SSSR count). The summed E-state index contributed by atoms with van der Waals surface area (Å²) in [7, 11) is 1.65. The number of carbonyl (C=O) groups excluding carboxylic acids is 2. The van der Waals surface area contributed by atoms with Crippen molar-refractivity contribution in [2.24, 2.45) is 0 Å². The molecule has 2 amide bonds. The van der Waals surface area contributed by atoms with E-state index in [2.05, 4.69) is 22.0 Å². The third kappa shape index (κ3) is 5.49. The highest BCUT2D eigenvalue weighted by Gasteiger charge is 2.23. The number of aromatic nitrogens is 1. The van der Waals surface area contributed by atoms with Crippen LogP contribution in [-0.2, 0) is 22.6 Å². The van der Waals surface area contributed by atoms with Crippen molar-refractivity contribution in [1.29, 1.82) is 0 Å². The molecule has 1 aromatic heterocycles. The van der Waals surface area contributed by atoms with E-state index in [1.807, 2.05) is 18.2 Å². The molecule has 0 saturated heterocycles. The van der Waals surface area contributed by atoms with Crippen LogP contribution in [-0.4, -0.2) is 29.5 Å². The van der Waals surface area contributed by atoms with Crippen molar-refractivity contribution in [3.8, 4) is 11.3 Å². The van der Waals surface area contributed by atoms with Crippen molar-refractivity contribution in [3.63, 3.8) is 0 Å². The number of carbonyl (C=O) groups is 2. The van der Waals surface area contributed by atoms with Gasteiger partial charge in [0.25, 0.3) is 5.56 Å². The van der Waals surface area contributed by atoms with Gasteiger partial charge in [-0.1, -0.05) is 24.3 Å². The third-order valence-corrected chi connectivity index (χ3v) is 6.40. The van der Waals surface area contributed by atoms with Gasteiger partial charge in [-0.3, -0.25) is 19.0 Å². The molecule has 1 unspecified atom stereocenters. The number of rotatable bonds is 7. The zero-order chi connectivity index (χ0) is 24.9. The number of amides is 2. The maximum Gasteiger partial charge on any atom is 0.275 e. The summed E-state index contributed by atoms with van der Waals surface area (Å²) in [6.45, 7) is 1.44. The van der Waals surface area contributed by atoms with E-state index in [-0.39, 0.29) is 30.1 Å². The molecule has 3 aromatic rings. The van der Waals surface area contributed by atoms with Gasteiger partial charge in [0.2, 0.25) is 11.8 Å². The highest BCUT2D eigenvalue weighted by atomic mass is 19.1. The van der Waals surface area contributed by atoms with Gasteiger partial charge in [-0.25, -0.2) is 4.39 Å². The smallest absolute Gasteiger partial charge is 0.275 e. The summed E-state index contributed by atoms with van der Waals surface area (Å²) < 4.78 is 14.8. The van der Waals surface area contributed by atoms with E-state index in [1.165, 1.54) is 28.3 Å². The molecule has 3 N–H and O–H groups in total. The Morgan fingerprint density at radius 2 is 1.83 bits per heavy atom. The van der Waals surface area contributed by atoms with Crippen LogP contribution in [0.4, 0.5) is 10.1 Å². The van der Waals surface area contributed by atoms with Gasteiger partial charge in [0.05, 0.1) is 17.8 Å². The average molecular weight is 477 g/mol. The Morgan fingerprint density at radius 1 is 1.09 bits per heavy atom. The first-order valence-electron chi connectivity index (χ1n) is 11.7. The Morgan fingerprint density at radius 3 is 2.57 bits per heavy atom. The molecule has 1 aliphatic carbocycles. The van der Waals surface area contributed by atoms with Crippen LogP contribution in [0.2, 0.25) is 0 Å². The molecule has 2 atom stereocenters. The first-order valence-corrected chi connectivity index (χ1v) is 11.7. The number of nitrogens with one attached hydrogen (secondary N) is 3. The molecule has 0 aliphatic heterocycles. The number of halogens is 1. The lowest BCUT2D eigenvalue weighted by Gasteiger charge is -2.26. The number of likely N-dealkylation sites (N-methyl/N-ethyl adjacent to an activating group) is 1. The van der Waals surface area contributed by atoms with Crippen LogP contribution in [0.15, 0.2) is 65.5 Å². The molecule has 0 saturated carbocycles. The lowest BCUT2D eigenvalue weighted by molar-refractivity contribution is -0.122. The molecular formula is C27H29FN4O3. The molecule has 2 aromatic carbocycles. The first kappa shape index (κ1) is 24.3. The highest BCUT2D eigenvalue weighted by molar-refractivity contribution is 5.94. The molecule has 35 heavy (non-hydrogen) atoms. The Balaban J connectivity index is 1.65. The second kappa shape index (κ2) is 10.7. The van der Waals surface area contributed by atoms with E-state index < -0.39 is 17.4 Å². The van der Waals surface area contributed by atoms with Crippen LogP contribution in [0.3, 0.4) is 0 Å². The van der Waals surface area contributed by atoms with E-state index in [9.17, 15) is 18.8 Å². The van der Waals surface area contributed by atoms with E-state index in [0.717, 1.165) is 24.8 Å². The molecule has 1 aliphatic rings. The predicted molar refractivity (Wildman–Crippen MR) is 134 cm³/mol. The normalized spacial score (nSPS) is 15.7. The number of hydrogen-bond donors (Lipinski definition) is 3. The zero-order valence-corrected chi connectivity index (χ0v) is 19.8. The van der Waals surface area contributed by atoms with Gasteiger partial charge in [-0.05, 0) is 86.3 Å². The van der Waals surface area contributed by atoms with Crippen molar-refractivity contribution in [1.82, 2.24) is 15.2 Å². The maximum atomic E-state index is 13.5. The summed E-state index contributed by atoms with van der Waals surface area (Å²) in [6.07, 6.45) is 2.76. The van der Waals surface area contributed by atoms with Crippen molar-refractivity contribution in [2.45, 2.75) is 44.8 Å². The lowest BCUT2D eigenvalue weighted by atomic mass is 9.88. The molecule has 182 valence electrons. The van der Waals surface area contributed by atoms with E-state index >= 15 is 0 Å². The van der Waals surface area contributed by atoms with Crippen LogP contribution in [0.1, 0.15) is 36.9 Å². The second-order valence-electron chi connectivity index (χ2n) is 8.74. The van der Waals surface area contributed by atoms with Crippen LogP contribution in [0.25, 0.3) is 11.3 Å². The Bertz CT molecular complexity index is 1290. The molecule has 1 heterocycles. The lowest BCUT2D eigenvalue weighted by Crippen LogP contribution is -2.39. The molecule has 0 bridgehead atoms. The van der Waals surface area contributed by atoms with Crippen molar-refractivity contribution in [3.05, 3.63) is 88.0 Å². The number of pyridine rings is 1. The van der Waals surface area contributed by atoms with E-state index in [4.69, 9.17) is 0 Å². The van der Waals surface area contributed by atoms with Crippen molar-refractivity contribution in [2.75, 3.05) is 12.4 Å². The first-order chi connectivity index (χ1) is 16.9. The summed E-state index contributed by atoms with van der Waals surface area (Å²) in [5.74, 6) is -1.08. The summed E-state index contributed by atoms with van der Waals surface area (Å²) in [5.41, 5.74) is 2.91. The largest absolute Gasteiger partial charge is 0.348 e. The number of anilines is 1. The molecular weight excluding hydrogens is 447 g/mol. The van der Waals surface area contributed by atoms with Crippen LogP contribution in [0.5, 0.6) is 0 Å². The number of fused-ring (bicyclic) bond motifs is 1. The highest BCUT2D eigenvalue weighted by Crippen LogP contribution is 2.29. The Kier molecular flexibility index (Phi) is 7.41. The molecule has 0 radical (unpaired) electrons. The van der Waals surface area contributed by atoms with Crippen molar-refractivity contribution < 1.29 is 14.0 Å². The number of hydrogen-bond acceptors (Lipinski definition) is 4. The average Bonchev–Trinajstić information content (AvgIpc) is 2.87. The monoisotopic (exact) mass is 476 g/mol. The third-order valence-electron chi connectivity index (χ3n) is 6.40. The maximum absolute atomic E-state index is 13.5. The SMILES string of the molecule is CN[C@@H](C)C(=O)Nc1ccc(-c2ccc(F)cc2)n(CC(=O)NC2CCCc3ccccc32)c1=O. The minimum atomic E-state index is -0.511. The number of benzene rings is 2. The standard InChI is InChI=1S/C27H29FN4O3/c1-17(29-2)26(34)31-23-14-15-24(19-10-12-20(28)13-11-19)32(27(23)35)16-25(33)30-22-9-5-7-18-6-3-4-8-21(18)22/h3-4,6,8,10-15,17,22,29H,5,7,9,16H2,1-2H3,(H,30,33)(H,31,34)/t17-,22?/m0/s1. The van der Waals surface area contributed by atoms with Gasteiger partial charge in [0, 0.05) is 0 Å². The van der Waals surface area contributed by atoms with Gasteiger partial charge in [-0.2, -0.15) is 0 Å². The van der Waals surface area contributed by atoms with Crippen LogP contribution >= 0.6 is 0 Å². The summed E-state index contributed by atoms with van der Waals surface area (Å²) in [6, 6.07) is 16.3. The van der Waals surface area contributed by atoms with Crippen LogP contribution < -0.4 is 21.5 Å². The van der Waals surface area contributed by atoms with Crippen molar-refractivity contribution >= 4 is 17.5 Å². The summed E-state index contributed by atoms with van der Waals surface area (Å²) in [4.78, 5) is 38.9. The quantitative estimate of drug-likeness (QED) is 0.488. The second-order valence-corrected chi connectivity index (χ2v) is 8.74. The fourth-order valence-corrected chi connectivity index (χ4v) is 4.36. The predicted octanol–water partition coefficient (Wildman–Crippen LogP) is 3.39. The number of aryl methyl sites for hydroxylation is 1. The molecule has 0 spiro atoms. The summed E-state index contributed by atoms with van der Waals surface area (Å²) >= 11 is 0. The minimum Gasteiger partial charge on any atom is -0.348 e. The molecule has 0 fully saturated rings. The van der Waals surface area contributed by atoms with Gasteiger partial charge in [0.15, 0.2) is 0 Å². The van der Waals surface area contributed by atoms with E-state index in [0.29, 0.717) is 11.3 Å². The zero-order valence-electron chi connectivity index (χ0n) is 19.8. The van der Waals surface area contributed by atoms with Gasteiger partial charge in [0.1, 0.15) is 18.0 Å². The van der Waals surface area contributed by atoms with Gasteiger partial charge >= 0.3 is 0 Å². The van der Waals surface area contributed by atoms with E-state index in [1.54, 1.807) is 32.2 Å². The minimum absolute atomic E-state index is 0.0683. The Hall–Kier alpha value is -3.78.